The Morgan fingerprint density at radius 1 is 1.32 bits per heavy atom. The van der Waals surface area contributed by atoms with Gasteiger partial charge in [0, 0.05) is 24.0 Å². The second-order valence-electron chi connectivity index (χ2n) is 6.19. The third kappa shape index (κ3) is 4.40. The van der Waals surface area contributed by atoms with Gasteiger partial charge in [0.25, 0.3) is 0 Å². The summed E-state index contributed by atoms with van der Waals surface area (Å²) in [5, 5.41) is 7.44. The normalized spacial score (nSPS) is 11.4. The molecule has 22 heavy (non-hydrogen) atoms. The monoisotopic (exact) mass is 320 g/mol. The molecular formula is C16H24N4OS. The van der Waals surface area contributed by atoms with Crippen molar-refractivity contribution in [1.29, 1.82) is 0 Å². The van der Waals surface area contributed by atoms with Gasteiger partial charge < -0.3 is 5.32 Å². The van der Waals surface area contributed by atoms with Crippen LogP contribution in [0, 0.1) is 5.92 Å². The average Bonchev–Trinajstić information content (AvgIpc) is 3.05. The maximum Gasteiger partial charge on any atom is 0.224 e. The molecule has 0 aromatic carbocycles. The Morgan fingerprint density at radius 3 is 2.68 bits per heavy atom. The van der Waals surface area contributed by atoms with Crippen LogP contribution >= 0.6 is 11.3 Å². The summed E-state index contributed by atoms with van der Waals surface area (Å²) in [6.07, 6.45) is 4.78. The van der Waals surface area contributed by atoms with E-state index in [9.17, 15) is 4.79 Å². The number of aromatic nitrogens is 3. The number of hydrogen-bond donors (Lipinski definition) is 1. The van der Waals surface area contributed by atoms with Gasteiger partial charge in [0.1, 0.15) is 0 Å². The summed E-state index contributed by atoms with van der Waals surface area (Å²) in [5.41, 5.74) is 3.73. The fourth-order valence-corrected chi connectivity index (χ4v) is 3.01. The van der Waals surface area contributed by atoms with Crippen LogP contribution in [-0.2, 0) is 17.8 Å². The van der Waals surface area contributed by atoms with Crippen LogP contribution in [0.4, 0.5) is 5.69 Å². The van der Waals surface area contributed by atoms with Crippen LogP contribution in [0.15, 0.2) is 17.9 Å². The highest BCUT2D eigenvalue weighted by Gasteiger charge is 2.17. The molecule has 2 heterocycles. The van der Waals surface area contributed by atoms with Crippen molar-refractivity contribution in [1.82, 2.24) is 14.8 Å². The van der Waals surface area contributed by atoms with Crippen molar-refractivity contribution in [3.05, 3.63) is 28.5 Å². The first-order chi connectivity index (χ1) is 10.5. The molecule has 0 radical (unpaired) electrons. The van der Waals surface area contributed by atoms with Gasteiger partial charge in [0.2, 0.25) is 5.91 Å². The topological polar surface area (TPSA) is 59.8 Å². The van der Waals surface area contributed by atoms with Crippen LogP contribution in [0.1, 0.15) is 50.6 Å². The Balaban J connectivity index is 2.02. The molecule has 0 saturated carbocycles. The SMILES string of the molecule is CC(C)Cn1ncc(NC(=O)CCc2cncs2)c1C(C)C. The maximum atomic E-state index is 12.2. The number of anilines is 1. The van der Waals surface area contributed by atoms with Crippen LogP contribution in [0.2, 0.25) is 0 Å². The van der Waals surface area contributed by atoms with Crippen LogP contribution in [0.25, 0.3) is 0 Å². The van der Waals surface area contributed by atoms with Crippen LogP contribution in [-0.4, -0.2) is 20.7 Å². The van der Waals surface area contributed by atoms with Gasteiger partial charge in [-0.2, -0.15) is 5.10 Å². The van der Waals surface area contributed by atoms with Crippen molar-refractivity contribution in [2.45, 2.75) is 53.0 Å². The summed E-state index contributed by atoms with van der Waals surface area (Å²) in [4.78, 5) is 17.3. The fourth-order valence-electron chi connectivity index (χ4n) is 2.41. The Bertz CT molecular complexity index is 602. The molecule has 0 bridgehead atoms. The number of thiazole rings is 1. The van der Waals surface area contributed by atoms with Crippen molar-refractivity contribution in [2.24, 2.45) is 5.92 Å². The number of carbonyl (C=O) groups is 1. The molecule has 0 aliphatic rings. The third-order valence-electron chi connectivity index (χ3n) is 3.32. The maximum absolute atomic E-state index is 12.2. The van der Waals surface area contributed by atoms with Gasteiger partial charge in [0.05, 0.1) is 23.1 Å². The average molecular weight is 320 g/mol. The van der Waals surface area contributed by atoms with Crippen molar-refractivity contribution in [3.63, 3.8) is 0 Å². The Hall–Kier alpha value is -1.69. The quantitative estimate of drug-likeness (QED) is 0.846. The number of nitrogens with one attached hydrogen (secondary N) is 1. The second-order valence-corrected chi connectivity index (χ2v) is 7.16. The van der Waals surface area contributed by atoms with Gasteiger partial charge in [-0.15, -0.1) is 11.3 Å². The van der Waals surface area contributed by atoms with Gasteiger partial charge in [-0.3, -0.25) is 14.5 Å². The number of nitrogens with zero attached hydrogens (tertiary/aromatic N) is 3. The molecule has 6 heteroatoms. The molecule has 0 aliphatic heterocycles. The molecular weight excluding hydrogens is 296 g/mol. The standard InChI is InChI=1S/C16H24N4OS/c1-11(2)9-20-16(12(3)4)14(8-18-20)19-15(21)6-5-13-7-17-10-22-13/h7-8,10-12H,5-6,9H2,1-4H3,(H,19,21). The number of carbonyl (C=O) groups excluding carboxylic acids is 1. The molecule has 0 spiro atoms. The molecule has 0 unspecified atom stereocenters. The first kappa shape index (κ1) is 16.7. The van der Waals surface area contributed by atoms with Crippen molar-refractivity contribution >= 4 is 22.9 Å². The molecule has 0 atom stereocenters. The summed E-state index contributed by atoms with van der Waals surface area (Å²) in [5.74, 6) is 0.865. The predicted molar refractivity (Wildman–Crippen MR) is 90.2 cm³/mol. The van der Waals surface area contributed by atoms with E-state index in [2.05, 4.69) is 43.1 Å². The highest BCUT2D eigenvalue weighted by molar-refractivity contribution is 7.09. The highest BCUT2D eigenvalue weighted by atomic mass is 32.1. The lowest BCUT2D eigenvalue weighted by molar-refractivity contribution is -0.116. The molecule has 2 rings (SSSR count). The smallest absolute Gasteiger partial charge is 0.224 e. The van der Waals surface area contributed by atoms with Crippen LogP contribution in [0.3, 0.4) is 0 Å². The minimum absolute atomic E-state index is 0.0272. The molecule has 0 fully saturated rings. The zero-order valence-electron chi connectivity index (χ0n) is 13.7. The first-order valence-corrected chi connectivity index (χ1v) is 8.58. The summed E-state index contributed by atoms with van der Waals surface area (Å²) in [6, 6.07) is 0. The van der Waals surface area contributed by atoms with E-state index in [4.69, 9.17) is 0 Å². The van der Waals surface area contributed by atoms with E-state index >= 15 is 0 Å². The first-order valence-electron chi connectivity index (χ1n) is 7.70. The van der Waals surface area contributed by atoms with Crippen molar-refractivity contribution in [2.75, 3.05) is 5.32 Å². The molecule has 1 N–H and O–H groups in total. The summed E-state index contributed by atoms with van der Waals surface area (Å²) >= 11 is 1.58. The molecule has 0 aliphatic carbocycles. The van der Waals surface area contributed by atoms with E-state index in [1.54, 1.807) is 23.0 Å². The lowest BCUT2D eigenvalue weighted by atomic mass is 10.1. The fraction of sp³-hybridized carbons (Fsp3) is 0.562. The van der Waals surface area contributed by atoms with E-state index < -0.39 is 0 Å². The largest absolute Gasteiger partial charge is 0.323 e. The molecule has 1 amide bonds. The number of hydrogen-bond acceptors (Lipinski definition) is 4. The highest BCUT2D eigenvalue weighted by Crippen LogP contribution is 2.25. The third-order valence-corrected chi connectivity index (χ3v) is 4.16. The zero-order chi connectivity index (χ0) is 16.1. The molecule has 2 aromatic heterocycles. The number of amides is 1. The van der Waals surface area contributed by atoms with E-state index in [0.29, 0.717) is 18.3 Å². The van der Waals surface area contributed by atoms with Crippen LogP contribution in [0.5, 0.6) is 0 Å². The zero-order valence-corrected chi connectivity index (χ0v) is 14.5. The van der Waals surface area contributed by atoms with E-state index in [-0.39, 0.29) is 5.91 Å². The molecule has 120 valence electrons. The summed E-state index contributed by atoms with van der Waals surface area (Å²) in [7, 11) is 0. The lowest BCUT2D eigenvalue weighted by Gasteiger charge is -2.14. The van der Waals surface area contributed by atoms with E-state index in [0.717, 1.165) is 29.2 Å². The Kier molecular flexibility index (Phi) is 5.71. The molecule has 5 nitrogen and oxygen atoms in total. The molecule has 2 aromatic rings. The van der Waals surface area contributed by atoms with Gasteiger partial charge in [-0.05, 0) is 18.3 Å². The van der Waals surface area contributed by atoms with Crippen molar-refractivity contribution < 1.29 is 4.79 Å². The van der Waals surface area contributed by atoms with Gasteiger partial charge in [-0.25, -0.2) is 0 Å². The van der Waals surface area contributed by atoms with E-state index in [1.807, 2.05) is 10.9 Å². The number of aryl methyl sites for hydroxylation is 1. The summed E-state index contributed by atoms with van der Waals surface area (Å²) < 4.78 is 2.01. The van der Waals surface area contributed by atoms with Gasteiger partial charge >= 0.3 is 0 Å². The van der Waals surface area contributed by atoms with Gasteiger partial charge in [-0.1, -0.05) is 27.7 Å². The Morgan fingerprint density at radius 2 is 2.09 bits per heavy atom. The molecule has 0 saturated heterocycles. The second kappa shape index (κ2) is 7.54. The van der Waals surface area contributed by atoms with Crippen molar-refractivity contribution in [3.8, 4) is 0 Å². The summed E-state index contributed by atoms with van der Waals surface area (Å²) in [6.45, 7) is 9.45. The minimum atomic E-state index is 0.0272. The van der Waals surface area contributed by atoms with Gasteiger partial charge in [0.15, 0.2) is 0 Å². The minimum Gasteiger partial charge on any atom is -0.323 e. The van der Waals surface area contributed by atoms with Crippen LogP contribution < -0.4 is 5.32 Å². The number of rotatable bonds is 7. The lowest BCUT2D eigenvalue weighted by Crippen LogP contribution is -2.15. The predicted octanol–water partition coefficient (Wildman–Crippen LogP) is 3.69. The van der Waals surface area contributed by atoms with E-state index in [1.165, 1.54) is 0 Å². The Labute approximate surface area is 135 Å².